The Hall–Kier alpha value is -0.610. The number of rotatable bonds is 1. The van der Waals surface area contributed by atoms with E-state index in [-0.39, 0.29) is 6.10 Å². The molecule has 1 saturated heterocycles. The van der Waals surface area contributed by atoms with Crippen LogP contribution < -0.4 is 0 Å². The second kappa shape index (κ2) is 3.19. The summed E-state index contributed by atoms with van der Waals surface area (Å²) in [5.74, 6) is -0.792. The van der Waals surface area contributed by atoms with Crippen molar-refractivity contribution >= 4 is 5.97 Å². The van der Waals surface area contributed by atoms with Gasteiger partial charge >= 0.3 is 5.97 Å². The van der Waals surface area contributed by atoms with Gasteiger partial charge in [-0.05, 0) is 19.9 Å². The molecule has 1 aliphatic rings. The van der Waals surface area contributed by atoms with Crippen molar-refractivity contribution in [2.75, 3.05) is 13.6 Å². The third kappa shape index (κ3) is 1.91. The molecule has 0 aromatic carbocycles. The van der Waals surface area contributed by atoms with Crippen molar-refractivity contribution in [3.63, 3.8) is 0 Å². The Morgan fingerprint density at radius 2 is 2.18 bits per heavy atom. The summed E-state index contributed by atoms with van der Waals surface area (Å²) in [6.07, 6.45) is 0.796. The smallest absolute Gasteiger partial charge is 0.320 e. The Labute approximate surface area is 65.4 Å². The van der Waals surface area contributed by atoms with E-state index >= 15 is 0 Å². The van der Waals surface area contributed by atoms with E-state index in [0.717, 1.165) is 0 Å². The number of carbonyl (C=O) groups is 1. The standard InChI is InChI=1S/C7H13NO3/c1-8-4-5(9)2-3-6(8)7(10)11/h5-6,9H,2-4H2,1H3,(H,10,11)/t5?,6-/m1/s1. The molecule has 0 saturated carbocycles. The van der Waals surface area contributed by atoms with Crippen molar-refractivity contribution < 1.29 is 15.0 Å². The maximum Gasteiger partial charge on any atom is 0.320 e. The molecule has 2 N–H and O–H groups in total. The summed E-state index contributed by atoms with van der Waals surface area (Å²) in [6, 6.07) is -0.404. The fourth-order valence-electron chi connectivity index (χ4n) is 1.43. The van der Waals surface area contributed by atoms with Crippen LogP contribution in [0.2, 0.25) is 0 Å². The SMILES string of the molecule is CN1CC(O)CC[C@@H]1C(=O)O. The number of likely N-dealkylation sites (N-methyl/N-ethyl adjacent to an activating group) is 1. The number of likely N-dealkylation sites (tertiary alicyclic amines) is 1. The number of hydrogen-bond donors (Lipinski definition) is 2. The molecule has 0 bridgehead atoms. The molecule has 64 valence electrons. The van der Waals surface area contributed by atoms with Crippen molar-refractivity contribution in [1.29, 1.82) is 0 Å². The van der Waals surface area contributed by atoms with Gasteiger partial charge in [0.15, 0.2) is 0 Å². The first-order valence-electron chi connectivity index (χ1n) is 3.72. The predicted molar refractivity (Wildman–Crippen MR) is 39.3 cm³/mol. The van der Waals surface area contributed by atoms with E-state index in [4.69, 9.17) is 10.2 Å². The second-order valence-electron chi connectivity index (χ2n) is 3.02. The zero-order valence-electron chi connectivity index (χ0n) is 6.53. The largest absolute Gasteiger partial charge is 0.480 e. The molecule has 1 heterocycles. The monoisotopic (exact) mass is 159 g/mol. The molecular formula is C7H13NO3. The number of carboxylic acids is 1. The van der Waals surface area contributed by atoms with E-state index < -0.39 is 12.0 Å². The van der Waals surface area contributed by atoms with Crippen LogP contribution in [0.1, 0.15) is 12.8 Å². The Balaban J connectivity index is 2.50. The van der Waals surface area contributed by atoms with Crippen molar-refractivity contribution in [2.45, 2.75) is 25.0 Å². The maximum atomic E-state index is 10.5. The van der Waals surface area contributed by atoms with Crippen LogP contribution in [-0.2, 0) is 4.79 Å². The summed E-state index contributed by atoms with van der Waals surface area (Å²) < 4.78 is 0. The summed E-state index contributed by atoms with van der Waals surface area (Å²) in [5.41, 5.74) is 0. The summed E-state index contributed by atoms with van der Waals surface area (Å²) in [7, 11) is 1.72. The lowest BCUT2D eigenvalue weighted by atomic mass is 10.0. The lowest BCUT2D eigenvalue weighted by Crippen LogP contribution is -2.46. The van der Waals surface area contributed by atoms with E-state index in [1.807, 2.05) is 0 Å². The first-order valence-corrected chi connectivity index (χ1v) is 3.72. The quantitative estimate of drug-likeness (QED) is 0.543. The number of piperidine rings is 1. The average molecular weight is 159 g/mol. The molecule has 2 atom stereocenters. The molecule has 1 unspecified atom stereocenters. The highest BCUT2D eigenvalue weighted by Gasteiger charge is 2.29. The zero-order valence-corrected chi connectivity index (χ0v) is 6.53. The minimum Gasteiger partial charge on any atom is -0.480 e. The van der Waals surface area contributed by atoms with Gasteiger partial charge in [-0.3, -0.25) is 9.69 Å². The Kier molecular flexibility index (Phi) is 2.46. The molecular weight excluding hydrogens is 146 g/mol. The fraction of sp³-hybridized carbons (Fsp3) is 0.857. The third-order valence-corrected chi connectivity index (χ3v) is 2.09. The normalized spacial score (nSPS) is 33.6. The minimum atomic E-state index is -0.792. The third-order valence-electron chi connectivity index (χ3n) is 2.09. The van der Waals surface area contributed by atoms with Gasteiger partial charge in [0.25, 0.3) is 0 Å². The van der Waals surface area contributed by atoms with Gasteiger partial charge in [0.1, 0.15) is 6.04 Å². The van der Waals surface area contributed by atoms with Crippen LogP contribution >= 0.6 is 0 Å². The van der Waals surface area contributed by atoms with Gasteiger partial charge < -0.3 is 10.2 Å². The highest BCUT2D eigenvalue weighted by molar-refractivity contribution is 5.73. The van der Waals surface area contributed by atoms with Gasteiger partial charge in [-0.15, -0.1) is 0 Å². The van der Waals surface area contributed by atoms with Gasteiger partial charge in [-0.2, -0.15) is 0 Å². The van der Waals surface area contributed by atoms with Crippen molar-refractivity contribution in [1.82, 2.24) is 4.90 Å². The lowest BCUT2D eigenvalue weighted by Gasteiger charge is -2.32. The van der Waals surface area contributed by atoms with Crippen LogP contribution in [0.15, 0.2) is 0 Å². The highest BCUT2D eigenvalue weighted by Crippen LogP contribution is 2.15. The Morgan fingerprint density at radius 1 is 1.55 bits per heavy atom. The summed E-state index contributed by atoms with van der Waals surface area (Å²) in [4.78, 5) is 12.2. The number of β-amino-alcohol motifs (C(OH)–C–C–N with tert-alkyl or cyclic N) is 1. The number of aliphatic hydroxyl groups is 1. The number of carboxylic acid groups (broad SMARTS) is 1. The number of hydrogen-bond acceptors (Lipinski definition) is 3. The average Bonchev–Trinajstić information content (AvgIpc) is 1.85. The topological polar surface area (TPSA) is 60.8 Å². The first kappa shape index (κ1) is 8.49. The molecule has 4 nitrogen and oxygen atoms in total. The van der Waals surface area contributed by atoms with E-state index in [2.05, 4.69) is 0 Å². The predicted octanol–water partition coefficient (Wildman–Crippen LogP) is -0.474. The van der Waals surface area contributed by atoms with Gasteiger partial charge in [0.05, 0.1) is 6.10 Å². The summed E-state index contributed by atoms with van der Waals surface area (Å²) in [6.45, 7) is 0.469. The van der Waals surface area contributed by atoms with E-state index in [9.17, 15) is 4.79 Å². The molecule has 0 radical (unpaired) electrons. The van der Waals surface area contributed by atoms with Gasteiger partial charge in [-0.25, -0.2) is 0 Å². The second-order valence-corrected chi connectivity index (χ2v) is 3.02. The van der Waals surface area contributed by atoms with Gasteiger partial charge in [-0.1, -0.05) is 0 Å². The minimum absolute atomic E-state index is 0.351. The van der Waals surface area contributed by atoms with Crippen LogP contribution in [-0.4, -0.2) is 46.8 Å². The molecule has 0 spiro atoms. The Morgan fingerprint density at radius 3 is 2.64 bits per heavy atom. The molecule has 1 fully saturated rings. The van der Waals surface area contributed by atoms with Crippen molar-refractivity contribution in [3.8, 4) is 0 Å². The fourth-order valence-corrected chi connectivity index (χ4v) is 1.43. The lowest BCUT2D eigenvalue weighted by molar-refractivity contribution is -0.145. The van der Waals surface area contributed by atoms with Crippen LogP contribution in [0, 0.1) is 0 Å². The van der Waals surface area contributed by atoms with Gasteiger partial charge in [0.2, 0.25) is 0 Å². The highest BCUT2D eigenvalue weighted by atomic mass is 16.4. The maximum absolute atomic E-state index is 10.5. The van der Waals surface area contributed by atoms with Crippen LogP contribution in [0.3, 0.4) is 0 Å². The zero-order chi connectivity index (χ0) is 8.43. The van der Waals surface area contributed by atoms with E-state index in [1.54, 1.807) is 11.9 Å². The molecule has 0 aromatic rings. The van der Waals surface area contributed by atoms with E-state index in [1.165, 1.54) is 0 Å². The molecule has 0 amide bonds. The molecule has 4 heteroatoms. The summed E-state index contributed by atoms with van der Waals surface area (Å²) >= 11 is 0. The molecule has 1 rings (SSSR count). The Bertz CT molecular complexity index is 160. The first-order chi connectivity index (χ1) is 5.11. The molecule has 1 aliphatic heterocycles. The molecule has 0 aromatic heterocycles. The number of aliphatic carboxylic acids is 1. The van der Waals surface area contributed by atoms with Crippen molar-refractivity contribution in [3.05, 3.63) is 0 Å². The van der Waals surface area contributed by atoms with Crippen LogP contribution in [0.5, 0.6) is 0 Å². The molecule has 0 aliphatic carbocycles. The number of nitrogens with zero attached hydrogens (tertiary/aromatic N) is 1. The van der Waals surface area contributed by atoms with E-state index in [0.29, 0.717) is 19.4 Å². The molecule has 11 heavy (non-hydrogen) atoms. The number of aliphatic hydroxyl groups excluding tert-OH is 1. The van der Waals surface area contributed by atoms with Crippen LogP contribution in [0.25, 0.3) is 0 Å². The van der Waals surface area contributed by atoms with Crippen LogP contribution in [0.4, 0.5) is 0 Å². The van der Waals surface area contributed by atoms with Crippen molar-refractivity contribution in [2.24, 2.45) is 0 Å². The van der Waals surface area contributed by atoms with Gasteiger partial charge in [0, 0.05) is 6.54 Å². The summed E-state index contributed by atoms with van der Waals surface area (Å²) in [5, 5.41) is 17.8.